The molecule has 3 rings (SSSR count). The van der Waals surface area contributed by atoms with Crippen LogP contribution in [0.2, 0.25) is 5.15 Å². The molecule has 9 heteroatoms. The minimum absolute atomic E-state index is 0.166. The van der Waals surface area contributed by atoms with Gasteiger partial charge in [0.25, 0.3) is 10.0 Å². The topological polar surface area (TPSA) is 74.7 Å². The molecule has 1 aromatic heterocycles. The number of nitrogens with one attached hydrogen (secondary N) is 1. The molecule has 6 nitrogen and oxygen atoms in total. The van der Waals surface area contributed by atoms with Crippen molar-refractivity contribution in [1.82, 2.24) is 9.82 Å². The van der Waals surface area contributed by atoms with E-state index in [2.05, 4.69) is 19.8 Å². The van der Waals surface area contributed by atoms with E-state index in [1.54, 1.807) is 24.3 Å². The number of sulfonamides is 1. The zero-order valence-corrected chi connectivity index (χ0v) is 16.2. The van der Waals surface area contributed by atoms with Gasteiger partial charge in [-0.25, -0.2) is 9.82 Å². The number of aromatic nitrogens is 1. The Labute approximate surface area is 156 Å². The van der Waals surface area contributed by atoms with E-state index in [1.807, 2.05) is 6.92 Å². The highest BCUT2D eigenvalue weighted by atomic mass is 35.5. The van der Waals surface area contributed by atoms with Gasteiger partial charge in [0.1, 0.15) is 0 Å². The Morgan fingerprint density at radius 2 is 1.92 bits per heavy atom. The Morgan fingerprint density at radius 1 is 1.24 bits per heavy atom. The van der Waals surface area contributed by atoms with Crippen LogP contribution in [0.3, 0.4) is 0 Å². The van der Waals surface area contributed by atoms with E-state index >= 15 is 0 Å². The molecule has 25 heavy (non-hydrogen) atoms. The maximum Gasteiger partial charge on any atom is 0.276 e. The van der Waals surface area contributed by atoms with Gasteiger partial charge in [0.05, 0.1) is 16.0 Å². The first-order chi connectivity index (χ1) is 12.0. The lowest BCUT2D eigenvalue weighted by atomic mass is 10.1. The van der Waals surface area contributed by atoms with Crippen LogP contribution in [0.4, 0.5) is 5.13 Å². The van der Waals surface area contributed by atoms with Crippen LogP contribution in [0.1, 0.15) is 29.7 Å². The molecule has 1 N–H and O–H groups in total. The Hall–Kier alpha value is -1.64. The van der Waals surface area contributed by atoms with Crippen LogP contribution in [0.25, 0.3) is 0 Å². The van der Waals surface area contributed by atoms with Crippen LogP contribution in [0.15, 0.2) is 34.3 Å². The Balaban J connectivity index is 1.69. The van der Waals surface area contributed by atoms with E-state index < -0.39 is 10.0 Å². The summed E-state index contributed by atoms with van der Waals surface area (Å²) in [6.07, 6.45) is 4.94. The van der Waals surface area contributed by atoms with Crippen molar-refractivity contribution in [2.24, 2.45) is 5.10 Å². The molecular weight excluding hydrogens is 380 g/mol. The second-order valence-electron chi connectivity index (χ2n) is 5.87. The third kappa shape index (κ3) is 4.50. The summed E-state index contributed by atoms with van der Waals surface area (Å²) >= 11 is 7.57. The highest BCUT2D eigenvalue weighted by Crippen LogP contribution is 2.30. The fourth-order valence-electron chi connectivity index (χ4n) is 2.53. The third-order valence-electron chi connectivity index (χ3n) is 3.91. The monoisotopic (exact) mass is 398 g/mol. The molecule has 0 amide bonds. The van der Waals surface area contributed by atoms with Gasteiger partial charge < -0.3 is 4.90 Å². The summed E-state index contributed by atoms with van der Waals surface area (Å²) in [6.45, 7) is 3.84. The van der Waals surface area contributed by atoms with Crippen LogP contribution in [0, 0.1) is 6.92 Å². The van der Waals surface area contributed by atoms with Crippen LogP contribution in [-0.2, 0) is 10.0 Å². The van der Waals surface area contributed by atoms with E-state index in [9.17, 15) is 8.42 Å². The van der Waals surface area contributed by atoms with Crippen LogP contribution in [-0.4, -0.2) is 32.7 Å². The van der Waals surface area contributed by atoms with Crippen molar-refractivity contribution in [2.75, 3.05) is 18.0 Å². The summed E-state index contributed by atoms with van der Waals surface area (Å²) < 4.78 is 24.4. The summed E-state index contributed by atoms with van der Waals surface area (Å²) in [6, 6.07) is 6.56. The van der Waals surface area contributed by atoms with Crippen LogP contribution in [0.5, 0.6) is 0 Å². The van der Waals surface area contributed by atoms with Crippen molar-refractivity contribution >= 4 is 44.3 Å². The van der Waals surface area contributed by atoms with E-state index in [4.69, 9.17) is 11.6 Å². The number of nitrogens with zero attached hydrogens (tertiary/aromatic N) is 3. The van der Waals surface area contributed by atoms with Gasteiger partial charge >= 0.3 is 0 Å². The van der Waals surface area contributed by atoms with Crippen molar-refractivity contribution in [1.29, 1.82) is 0 Å². The molecule has 0 unspecified atom stereocenters. The second kappa shape index (κ2) is 7.72. The molecule has 0 atom stereocenters. The lowest BCUT2D eigenvalue weighted by molar-refractivity contribution is 0.577. The number of hydrazone groups is 1. The van der Waals surface area contributed by atoms with Gasteiger partial charge in [-0.05, 0) is 38.3 Å². The molecule has 0 radical (unpaired) electrons. The number of rotatable bonds is 5. The number of anilines is 1. The first-order valence-corrected chi connectivity index (χ1v) is 10.7. The number of benzene rings is 1. The zero-order chi connectivity index (χ0) is 17.9. The molecule has 1 fully saturated rings. The molecular formula is C16H19ClN4O2S2. The highest BCUT2D eigenvalue weighted by Gasteiger charge is 2.17. The van der Waals surface area contributed by atoms with Gasteiger partial charge in [0.15, 0.2) is 10.3 Å². The molecule has 0 aliphatic carbocycles. The number of piperidine rings is 1. The van der Waals surface area contributed by atoms with Crippen molar-refractivity contribution in [3.05, 3.63) is 39.9 Å². The minimum atomic E-state index is -3.69. The van der Waals surface area contributed by atoms with E-state index in [1.165, 1.54) is 24.0 Å². The summed E-state index contributed by atoms with van der Waals surface area (Å²) in [5.74, 6) is 0. The van der Waals surface area contributed by atoms with E-state index in [0.29, 0.717) is 10.0 Å². The molecule has 2 heterocycles. The lowest BCUT2D eigenvalue weighted by Crippen LogP contribution is -2.29. The smallest absolute Gasteiger partial charge is 0.276 e. The quantitative estimate of drug-likeness (QED) is 0.618. The Kier molecular flexibility index (Phi) is 5.61. The summed E-state index contributed by atoms with van der Waals surface area (Å²) in [7, 11) is -3.69. The van der Waals surface area contributed by atoms with Gasteiger partial charge in [-0.3, -0.25) is 0 Å². The SMILES string of the molecule is Cc1ccc(S(=O)(=O)N/N=C\c2sc(N3CCCCC3)nc2Cl)cc1. The summed E-state index contributed by atoms with van der Waals surface area (Å²) in [5, 5.41) is 5.03. The minimum Gasteiger partial charge on any atom is -0.348 e. The predicted octanol–water partition coefficient (Wildman–Crippen LogP) is 3.41. The molecule has 1 aliphatic rings. The van der Waals surface area contributed by atoms with Crippen molar-refractivity contribution in [3.8, 4) is 0 Å². The third-order valence-corrected chi connectivity index (χ3v) is 6.60. The van der Waals surface area contributed by atoms with Gasteiger partial charge in [0, 0.05) is 13.1 Å². The fourth-order valence-corrected chi connectivity index (χ4v) is 4.49. The maximum atomic E-state index is 12.2. The molecule has 0 saturated carbocycles. The number of aryl methyl sites for hydroxylation is 1. The van der Waals surface area contributed by atoms with Crippen molar-refractivity contribution in [3.63, 3.8) is 0 Å². The van der Waals surface area contributed by atoms with Crippen LogP contribution < -0.4 is 9.73 Å². The van der Waals surface area contributed by atoms with Crippen molar-refractivity contribution in [2.45, 2.75) is 31.1 Å². The van der Waals surface area contributed by atoms with Crippen LogP contribution >= 0.6 is 22.9 Å². The summed E-state index contributed by atoms with van der Waals surface area (Å²) in [4.78, 5) is 9.57. The largest absolute Gasteiger partial charge is 0.348 e. The van der Waals surface area contributed by atoms with Crippen molar-refractivity contribution < 1.29 is 8.42 Å². The molecule has 1 saturated heterocycles. The van der Waals surface area contributed by atoms with E-state index in [-0.39, 0.29) is 4.90 Å². The average Bonchev–Trinajstić information content (AvgIpc) is 2.97. The molecule has 2 aromatic rings. The molecule has 0 bridgehead atoms. The first-order valence-electron chi connectivity index (χ1n) is 7.98. The standard InChI is InChI=1S/C16H19ClN4O2S2/c1-12-5-7-13(8-6-12)25(22,23)20-18-11-14-15(17)19-16(24-14)21-9-3-2-4-10-21/h5-8,11,20H,2-4,9-10H2,1H3/b18-11-. The number of hydrogen-bond donors (Lipinski definition) is 1. The average molecular weight is 399 g/mol. The summed E-state index contributed by atoms with van der Waals surface area (Å²) in [5.41, 5.74) is 0.990. The van der Waals surface area contributed by atoms with Gasteiger partial charge in [-0.1, -0.05) is 40.6 Å². The van der Waals surface area contributed by atoms with Gasteiger partial charge in [-0.15, -0.1) is 0 Å². The highest BCUT2D eigenvalue weighted by molar-refractivity contribution is 7.89. The normalized spacial score (nSPS) is 15.7. The molecule has 134 valence electrons. The fraction of sp³-hybridized carbons (Fsp3) is 0.375. The Bertz CT molecular complexity index is 857. The lowest BCUT2D eigenvalue weighted by Gasteiger charge is -2.25. The zero-order valence-electron chi connectivity index (χ0n) is 13.8. The first kappa shape index (κ1) is 18.2. The molecule has 0 spiro atoms. The van der Waals surface area contributed by atoms with Gasteiger partial charge in [0.2, 0.25) is 0 Å². The number of thiazole rings is 1. The second-order valence-corrected chi connectivity index (χ2v) is 8.89. The predicted molar refractivity (Wildman–Crippen MR) is 102 cm³/mol. The van der Waals surface area contributed by atoms with Gasteiger partial charge in [-0.2, -0.15) is 13.5 Å². The number of hydrogen-bond acceptors (Lipinski definition) is 6. The number of halogens is 1. The Morgan fingerprint density at radius 3 is 2.60 bits per heavy atom. The van der Waals surface area contributed by atoms with E-state index in [0.717, 1.165) is 36.6 Å². The molecule has 1 aromatic carbocycles. The molecule has 1 aliphatic heterocycles. The maximum absolute atomic E-state index is 12.2.